The van der Waals surface area contributed by atoms with Crippen molar-refractivity contribution in [3.8, 4) is 5.88 Å². The van der Waals surface area contributed by atoms with Crippen LogP contribution in [0.15, 0.2) is 0 Å². The van der Waals surface area contributed by atoms with E-state index >= 15 is 0 Å². The van der Waals surface area contributed by atoms with Gasteiger partial charge in [0.1, 0.15) is 11.6 Å². The molecule has 0 unspecified atom stereocenters. The zero-order valence-corrected chi connectivity index (χ0v) is 12.8. The van der Waals surface area contributed by atoms with E-state index < -0.39 is 0 Å². The van der Waals surface area contributed by atoms with E-state index in [1.807, 2.05) is 6.92 Å². The zero-order chi connectivity index (χ0) is 14.1. The van der Waals surface area contributed by atoms with Crippen LogP contribution in [0.2, 0.25) is 0 Å². The Bertz CT molecular complexity index is 380. The second-order valence-corrected chi connectivity index (χ2v) is 4.71. The van der Waals surface area contributed by atoms with Gasteiger partial charge < -0.3 is 10.1 Å². The lowest BCUT2D eigenvalue weighted by Gasteiger charge is -2.13. The Morgan fingerprint density at radius 2 is 1.84 bits per heavy atom. The Hall–Kier alpha value is -1.32. The zero-order valence-electron chi connectivity index (χ0n) is 12.8. The van der Waals surface area contributed by atoms with Crippen molar-refractivity contribution in [2.24, 2.45) is 0 Å². The molecule has 0 bridgehead atoms. The molecule has 0 amide bonds. The summed E-state index contributed by atoms with van der Waals surface area (Å²) in [4.78, 5) is 8.97. The van der Waals surface area contributed by atoms with Crippen LogP contribution in [0.25, 0.3) is 0 Å². The average molecular weight is 265 g/mol. The summed E-state index contributed by atoms with van der Waals surface area (Å²) in [6.45, 7) is 9.96. The molecule has 1 heterocycles. The van der Waals surface area contributed by atoms with Gasteiger partial charge in [0, 0.05) is 13.0 Å². The third kappa shape index (κ3) is 5.05. The number of anilines is 1. The molecule has 0 aliphatic heterocycles. The Morgan fingerprint density at radius 3 is 2.47 bits per heavy atom. The predicted octanol–water partition coefficient (Wildman–Crippen LogP) is 3.74. The lowest BCUT2D eigenvalue weighted by Crippen LogP contribution is -2.09. The third-order valence-corrected chi connectivity index (χ3v) is 3.04. The molecule has 0 aromatic carbocycles. The average Bonchev–Trinajstić information content (AvgIpc) is 2.42. The fourth-order valence-electron chi connectivity index (χ4n) is 1.88. The minimum Gasteiger partial charge on any atom is -0.477 e. The van der Waals surface area contributed by atoms with E-state index in [0.717, 1.165) is 49.1 Å². The van der Waals surface area contributed by atoms with Gasteiger partial charge in [-0.25, -0.2) is 4.98 Å². The first kappa shape index (κ1) is 15.7. The van der Waals surface area contributed by atoms with E-state index in [2.05, 4.69) is 36.1 Å². The number of aromatic nitrogens is 2. The summed E-state index contributed by atoms with van der Waals surface area (Å²) in [6, 6.07) is 0. The summed E-state index contributed by atoms with van der Waals surface area (Å²) in [7, 11) is 0. The Morgan fingerprint density at radius 1 is 1.05 bits per heavy atom. The van der Waals surface area contributed by atoms with E-state index in [1.165, 1.54) is 19.3 Å². The van der Waals surface area contributed by atoms with Crippen LogP contribution in [0.5, 0.6) is 5.88 Å². The fourth-order valence-corrected chi connectivity index (χ4v) is 1.88. The maximum Gasteiger partial charge on any atom is 0.221 e. The summed E-state index contributed by atoms with van der Waals surface area (Å²) >= 11 is 0. The molecule has 4 nitrogen and oxygen atoms in total. The van der Waals surface area contributed by atoms with Crippen molar-refractivity contribution >= 4 is 5.82 Å². The molecule has 0 fully saturated rings. The van der Waals surface area contributed by atoms with Crippen LogP contribution in [0, 0.1) is 6.92 Å². The van der Waals surface area contributed by atoms with Gasteiger partial charge in [-0.05, 0) is 20.3 Å². The van der Waals surface area contributed by atoms with Crippen molar-refractivity contribution in [1.82, 2.24) is 9.97 Å². The predicted molar refractivity (Wildman–Crippen MR) is 79.9 cm³/mol. The molecule has 0 saturated carbocycles. The standard InChI is InChI=1S/C15H27N3O/c1-5-8-9-10-11-19-15-12(4)14(16-7-3)17-13(6-2)18-15/h5-11H2,1-4H3,(H,16,17,18). The summed E-state index contributed by atoms with van der Waals surface area (Å²) in [5, 5.41) is 3.27. The Kier molecular flexibility index (Phi) is 7.23. The van der Waals surface area contributed by atoms with Crippen LogP contribution < -0.4 is 10.1 Å². The first-order chi connectivity index (χ1) is 9.22. The number of unbranched alkanes of at least 4 members (excludes halogenated alkanes) is 3. The first-order valence-electron chi connectivity index (χ1n) is 7.47. The van der Waals surface area contributed by atoms with Crippen LogP contribution in [-0.2, 0) is 6.42 Å². The molecule has 0 saturated heterocycles. The van der Waals surface area contributed by atoms with Gasteiger partial charge in [-0.1, -0.05) is 33.1 Å². The number of hydrogen-bond acceptors (Lipinski definition) is 4. The maximum atomic E-state index is 5.82. The smallest absolute Gasteiger partial charge is 0.221 e. The highest BCUT2D eigenvalue weighted by Crippen LogP contribution is 2.22. The Balaban J connectivity index is 2.67. The monoisotopic (exact) mass is 265 g/mol. The fraction of sp³-hybridized carbons (Fsp3) is 0.733. The highest BCUT2D eigenvalue weighted by atomic mass is 16.5. The van der Waals surface area contributed by atoms with Crippen LogP contribution in [-0.4, -0.2) is 23.1 Å². The van der Waals surface area contributed by atoms with Crippen molar-refractivity contribution in [3.63, 3.8) is 0 Å². The molecule has 19 heavy (non-hydrogen) atoms. The van der Waals surface area contributed by atoms with Crippen LogP contribution in [0.3, 0.4) is 0 Å². The second kappa shape index (κ2) is 8.73. The normalized spacial score (nSPS) is 10.5. The summed E-state index contributed by atoms with van der Waals surface area (Å²) in [6.07, 6.45) is 5.66. The number of aryl methyl sites for hydroxylation is 1. The lowest BCUT2D eigenvalue weighted by molar-refractivity contribution is 0.290. The largest absolute Gasteiger partial charge is 0.477 e. The van der Waals surface area contributed by atoms with Crippen molar-refractivity contribution in [2.45, 2.75) is 59.8 Å². The molecule has 108 valence electrons. The summed E-state index contributed by atoms with van der Waals surface area (Å²) in [5.41, 5.74) is 1.01. The van der Waals surface area contributed by atoms with Crippen LogP contribution in [0.1, 0.15) is 57.8 Å². The third-order valence-electron chi connectivity index (χ3n) is 3.04. The SMILES string of the molecule is CCCCCCOc1nc(CC)nc(NCC)c1C. The minimum atomic E-state index is 0.735. The van der Waals surface area contributed by atoms with Gasteiger partial charge in [0.05, 0.1) is 12.2 Å². The minimum absolute atomic E-state index is 0.735. The van der Waals surface area contributed by atoms with Gasteiger partial charge >= 0.3 is 0 Å². The van der Waals surface area contributed by atoms with E-state index in [0.29, 0.717) is 0 Å². The molecule has 1 N–H and O–H groups in total. The molecule has 1 aromatic rings. The number of ether oxygens (including phenoxy) is 1. The molecule has 0 radical (unpaired) electrons. The molecular weight excluding hydrogens is 238 g/mol. The van der Waals surface area contributed by atoms with Crippen LogP contribution >= 0.6 is 0 Å². The number of rotatable bonds is 9. The van der Waals surface area contributed by atoms with Gasteiger partial charge in [-0.15, -0.1) is 0 Å². The van der Waals surface area contributed by atoms with Crippen molar-refractivity contribution in [2.75, 3.05) is 18.5 Å². The second-order valence-electron chi connectivity index (χ2n) is 4.71. The molecule has 1 rings (SSSR count). The van der Waals surface area contributed by atoms with Gasteiger partial charge in [0.15, 0.2) is 0 Å². The maximum absolute atomic E-state index is 5.82. The molecule has 1 aromatic heterocycles. The Labute approximate surface area is 117 Å². The first-order valence-corrected chi connectivity index (χ1v) is 7.47. The van der Waals surface area contributed by atoms with E-state index in [-0.39, 0.29) is 0 Å². The van der Waals surface area contributed by atoms with Gasteiger partial charge in [0.2, 0.25) is 5.88 Å². The lowest BCUT2D eigenvalue weighted by atomic mass is 10.2. The van der Waals surface area contributed by atoms with Crippen molar-refractivity contribution in [3.05, 3.63) is 11.4 Å². The van der Waals surface area contributed by atoms with Crippen LogP contribution in [0.4, 0.5) is 5.82 Å². The summed E-state index contributed by atoms with van der Waals surface area (Å²) in [5.74, 6) is 2.47. The molecular formula is C15H27N3O. The molecule has 4 heteroatoms. The van der Waals surface area contributed by atoms with E-state index in [9.17, 15) is 0 Å². The van der Waals surface area contributed by atoms with Gasteiger partial charge in [-0.3, -0.25) is 0 Å². The number of hydrogen-bond donors (Lipinski definition) is 1. The van der Waals surface area contributed by atoms with Gasteiger partial charge in [-0.2, -0.15) is 4.98 Å². The number of nitrogens with zero attached hydrogens (tertiary/aromatic N) is 2. The highest BCUT2D eigenvalue weighted by molar-refractivity contribution is 5.48. The molecule has 0 atom stereocenters. The topological polar surface area (TPSA) is 47.0 Å². The quantitative estimate of drug-likeness (QED) is 0.691. The van der Waals surface area contributed by atoms with Crippen molar-refractivity contribution < 1.29 is 4.74 Å². The molecule has 0 aliphatic carbocycles. The highest BCUT2D eigenvalue weighted by Gasteiger charge is 2.10. The van der Waals surface area contributed by atoms with E-state index in [1.54, 1.807) is 0 Å². The molecule has 0 spiro atoms. The molecule has 0 aliphatic rings. The van der Waals surface area contributed by atoms with Crippen molar-refractivity contribution in [1.29, 1.82) is 0 Å². The van der Waals surface area contributed by atoms with E-state index in [4.69, 9.17) is 4.74 Å². The summed E-state index contributed by atoms with van der Waals surface area (Å²) < 4.78 is 5.82. The van der Waals surface area contributed by atoms with Gasteiger partial charge in [0.25, 0.3) is 0 Å². The number of nitrogens with one attached hydrogen (secondary N) is 1.